The van der Waals surface area contributed by atoms with Crippen molar-refractivity contribution >= 4 is 35.0 Å². The van der Waals surface area contributed by atoms with Crippen molar-refractivity contribution in [3.05, 3.63) is 89.5 Å². The average Bonchev–Trinajstić information content (AvgIpc) is 3.73. The van der Waals surface area contributed by atoms with Gasteiger partial charge in [-0.1, -0.05) is 49.4 Å². The van der Waals surface area contributed by atoms with Crippen LogP contribution in [0, 0.1) is 0 Å². The molecule has 10 nitrogen and oxygen atoms in total. The molecule has 0 bridgehead atoms. The first-order chi connectivity index (χ1) is 21.8. The van der Waals surface area contributed by atoms with Crippen molar-refractivity contribution in [3.8, 4) is 0 Å². The standard InChI is InChI=1S/C31H37N5O3.C2HF3O2/c1-3-31(32)20-26(31)23-9-12-25(13-10-23)33-29(37)24-11-14-28(36-17-15-35(2)16-18-36)27(19-24)34-30(38)39-21-22-7-5-4-6-8-22;3-2(4,5)1(6)7/h4-14,19,26H,3,15-18,20-21,32H2,1-2H3,(H,33,37)(H,34,38);(H,6,7). The summed E-state index contributed by atoms with van der Waals surface area (Å²) in [5.74, 6) is -2.63. The van der Waals surface area contributed by atoms with Gasteiger partial charge in [-0.3, -0.25) is 10.1 Å². The van der Waals surface area contributed by atoms with Gasteiger partial charge in [0.25, 0.3) is 5.91 Å². The number of alkyl halides is 3. The Labute approximate surface area is 265 Å². The number of nitrogens with two attached hydrogens (primary N) is 1. The third-order valence-electron chi connectivity index (χ3n) is 8.14. The average molecular weight is 642 g/mol. The van der Waals surface area contributed by atoms with Crippen LogP contribution in [0.4, 0.5) is 35.0 Å². The van der Waals surface area contributed by atoms with Gasteiger partial charge in [-0.05, 0) is 61.3 Å². The predicted molar refractivity (Wildman–Crippen MR) is 169 cm³/mol. The lowest BCUT2D eigenvalue weighted by molar-refractivity contribution is -0.192. The summed E-state index contributed by atoms with van der Waals surface area (Å²) in [7, 11) is 2.10. The molecule has 2 fully saturated rings. The lowest BCUT2D eigenvalue weighted by atomic mass is 10.0. The number of hydrogen-bond acceptors (Lipinski definition) is 7. The number of carbonyl (C=O) groups excluding carboxylic acids is 2. The number of piperazine rings is 1. The van der Waals surface area contributed by atoms with E-state index in [9.17, 15) is 22.8 Å². The summed E-state index contributed by atoms with van der Waals surface area (Å²) in [6, 6.07) is 22.9. The van der Waals surface area contributed by atoms with Crippen LogP contribution >= 0.6 is 0 Å². The molecule has 0 radical (unpaired) electrons. The van der Waals surface area contributed by atoms with Crippen LogP contribution in [0.5, 0.6) is 0 Å². The molecule has 1 aliphatic carbocycles. The quantitative estimate of drug-likeness (QED) is 0.247. The lowest BCUT2D eigenvalue weighted by Gasteiger charge is -2.35. The number of carboxylic acids is 1. The summed E-state index contributed by atoms with van der Waals surface area (Å²) in [4.78, 5) is 39.3. The number of anilines is 3. The Balaban J connectivity index is 0.000000617. The normalized spacial score (nSPS) is 19.3. The fourth-order valence-corrected chi connectivity index (χ4v) is 5.13. The molecule has 3 aromatic rings. The minimum atomic E-state index is -5.08. The van der Waals surface area contributed by atoms with Crippen LogP contribution in [0.1, 0.15) is 47.2 Å². The van der Waals surface area contributed by atoms with Crippen LogP contribution in [0.15, 0.2) is 72.8 Å². The number of ether oxygens (including phenoxy) is 1. The first-order valence-electron chi connectivity index (χ1n) is 14.8. The fourth-order valence-electron chi connectivity index (χ4n) is 5.13. The molecule has 0 spiro atoms. The van der Waals surface area contributed by atoms with Crippen molar-refractivity contribution < 1.29 is 37.4 Å². The highest BCUT2D eigenvalue weighted by atomic mass is 19.4. The van der Waals surface area contributed by atoms with Crippen LogP contribution in [0.25, 0.3) is 0 Å². The van der Waals surface area contributed by atoms with E-state index < -0.39 is 18.2 Å². The van der Waals surface area contributed by atoms with Crippen LogP contribution in [-0.2, 0) is 16.1 Å². The molecule has 1 saturated carbocycles. The summed E-state index contributed by atoms with van der Waals surface area (Å²) in [5.41, 5.74) is 11.0. The zero-order valence-electron chi connectivity index (χ0n) is 25.6. The monoisotopic (exact) mass is 641 g/mol. The van der Waals surface area contributed by atoms with Crippen LogP contribution < -0.4 is 21.3 Å². The third kappa shape index (κ3) is 9.21. The molecule has 13 heteroatoms. The van der Waals surface area contributed by atoms with E-state index >= 15 is 0 Å². The molecule has 2 aliphatic rings. The van der Waals surface area contributed by atoms with Gasteiger partial charge in [0, 0.05) is 48.9 Å². The van der Waals surface area contributed by atoms with E-state index in [1.54, 1.807) is 12.1 Å². The van der Waals surface area contributed by atoms with Crippen molar-refractivity contribution in [3.63, 3.8) is 0 Å². The molecule has 46 heavy (non-hydrogen) atoms. The van der Waals surface area contributed by atoms with Gasteiger partial charge in [0.1, 0.15) is 6.61 Å². The van der Waals surface area contributed by atoms with E-state index in [1.807, 2.05) is 60.7 Å². The number of amides is 2. The zero-order chi connectivity index (χ0) is 33.5. The van der Waals surface area contributed by atoms with Crippen molar-refractivity contribution in [2.45, 2.75) is 44.0 Å². The number of halogens is 3. The molecule has 0 aromatic heterocycles. The number of aliphatic carboxylic acids is 1. The van der Waals surface area contributed by atoms with E-state index in [0.29, 0.717) is 22.9 Å². The number of carboxylic acid groups (broad SMARTS) is 1. The van der Waals surface area contributed by atoms with Crippen LogP contribution in [0.2, 0.25) is 0 Å². The number of rotatable bonds is 8. The second-order valence-corrected chi connectivity index (χ2v) is 11.4. The number of benzene rings is 3. The SMILES string of the molecule is CCC1(N)CC1c1ccc(NC(=O)c2ccc(N3CCN(C)CC3)c(NC(=O)OCc3ccccc3)c2)cc1.O=C(O)C(F)(F)F. The first-order valence-corrected chi connectivity index (χ1v) is 14.8. The summed E-state index contributed by atoms with van der Waals surface area (Å²) in [6.45, 7) is 5.77. The Hall–Kier alpha value is -4.62. The molecule has 1 heterocycles. The van der Waals surface area contributed by atoms with E-state index in [4.69, 9.17) is 20.4 Å². The van der Waals surface area contributed by atoms with Gasteiger partial charge in [-0.15, -0.1) is 0 Å². The van der Waals surface area contributed by atoms with Gasteiger partial charge in [-0.25, -0.2) is 9.59 Å². The molecule has 2 atom stereocenters. The van der Waals surface area contributed by atoms with Crippen molar-refractivity contribution in [1.82, 2.24) is 4.90 Å². The van der Waals surface area contributed by atoms with Gasteiger partial charge in [-0.2, -0.15) is 13.2 Å². The van der Waals surface area contributed by atoms with Crippen molar-refractivity contribution in [2.75, 3.05) is 48.8 Å². The fraction of sp³-hybridized carbons (Fsp3) is 0.364. The maximum Gasteiger partial charge on any atom is 0.490 e. The smallest absolute Gasteiger partial charge is 0.475 e. The van der Waals surface area contributed by atoms with E-state index in [1.165, 1.54) is 5.56 Å². The minimum absolute atomic E-state index is 0.0953. The largest absolute Gasteiger partial charge is 0.490 e. The maximum atomic E-state index is 13.2. The van der Waals surface area contributed by atoms with Gasteiger partial charge in [0.05, 0.1) is 11.4 Å². The van der Waals surface area contributed by atoms with E-state index in [0.717, 1.165) is 50.3 Å². The molecule has 1 saturated heterocycles. The number of hydrogen-bond donors (Lipinski definition) is 4. The molecule has 1 aliphatic heterocycles. The summed E-state index contributed by atoms with van der Waals surface area (Å²) >= 11 is 0. The summed E-state index contributed by atoms with van der Waals surface area (Å²) in [5, 5.41) is 13.0. The van der Waals surface area contributed by atoms with Gasteiger partial charge in [0.15, 0.2) is 0 Å². The second-order valence-electron chi connectivity index (χ2n) is 11.4. The molecular formula is C33H38F3N5O5. The number of nitrogens with zero attached hydrogens (tertiary/aromatic N) is 2. The van der Waals surface area contributed by atoms with Gasteiger partial charge < -0.3 is 30.7 Å². The molecule has 246 valence electrons. The molecule has 2 unspecified atom stereocenters. The first kappa shape index (κ1) is 34.3. The van der Waals surface area contributed by atoms with Crippen LogP contribution in [0.3, 0.4) is 0 Å². The number of carbonyl (C=O) groups is 3. The van der Waals surface area contributed by atoms with Crippen molar-refractivity contribution in [1.29, 1.82) is 0 Å². The Kier molecular flexibility index (Phi) is 10.9. The third-order valence-corrected chi connectivity index (χ3v) is 8.14. The molecule has 2 amide bonds. The summed E-state index contributed by atoms with van der Waals surface area (Å²) in [6.07, 6.45) is -3.69. The number of nitrogens with one attached hydrogen (secondary N) is 2. The van der Waals surface area contributed by atoms with E-state index in [2.05, 4.69) is 34.4 Å². The highest BCUT2D eigenvalue weighted by Gasteiger charge is 2.49. The van der Waals surface area contributed by atoms with Gasteiger partial charge in [0.2, 0.25) is 0 Å². The Morgan fingerprint density at radius 1 is 0.978 bits per heavy atom. The molecule has 5 N–H and O–H groups in total. The molecule has 5 rings (SSSR count). The highest BCUT2D eigenvalue weighted by Crippen LogP contribution is 2.51. The highest BCUT2D eigenvalue weighted by molar-refractivity contribution is 6.06. The second kappa shape index (κ2) is 14.6. The molecule has 3 aromatic carbocycles. The van der Waals surface area contributed by atoms with Crippen LogP contribution in [-0.4, -0.2) is 72.9 Å². The lowest BCUT2D eigenvalue weighted by Crippen LogP contribution is -2.44. The van der Waals surface area contributed by atoms with Crippen molar-refractivity contribution in [2.24, 2.45) is 5.73 Å². The Bertz CT molecular complexity index is 1510. The number of likely N-dealkylation sites (N-methyl/N-ethyl adjacent to an activating group) is 1. The zero-order valence-corrected chi connectivity index (χ0v) is 25.6. The van der Waals surface area contributed by atoms with Gasteiger partial charge >= 0.3 is 18.2 Å². The predicted octanol–water partition coefficient (Wildman–Crippen LogP) is 5.67. The van der Waals surface area contributed by atoms with E-state index in [-0.39, 0.29) is 18.1 Å². The Morgan fingerprint density at radius 2 is 1.61 bits per heavy atom. The summed E-state index contributed by atoms with van der Waals surface area (Å²) < 4.78 is 37.2. The topological polar surface area (TPSA) is 137 Å². The molecular weight excluding hydrogens is 603 g/mol. The Morgan fingerprint density at radius 3 is 2.17 bits per heavy atom. The minimum Gasteiger partial charge on any atom is -0.475 e. The maximum absolute atomic E-state index is 13.2.